The molecule has 0 radical (unpaired) electrons. The molecule has 2 N–H and O–H groups in total. The van der Waals surface area contributed by atoms with Crippen molar-refractivity contribution in [2.45, 2.75) is 39.3 Å². The van der Waals surface area contributed by atoms with Crippen LogP contribution in [0.15, 0.2) is 72.8 Å². The first-order valence-corrected chi connectivity index (χ1v) is 13.1. The van der Waals surface area contributed by atoms with Crippen molar-refractivity contribution in [1.29, 1.82) is 0 Å². The van der Waals surface area contributed by atoms with Crippen molar-refractivity contribution in [1.82, 2.24) is 9.78 Å². The molecule has 1 fully saturated rings. The third-order valence-corrected chi connectivity index (χ3v) is 6.84. The monoisotopic (exact) mass is 499 g/mol. The molecule has 192 valence electrons. The Bertz CT molecular complexity index is 1370. The molecule has 2 heterocycles. The molecule has 1 aliphatic heterocycles. The number of nitrogens with zero attached hydrogens (tertiary/aromatic N) is 2. The molecular weight excluding hydrogens is 465 g/mol. The van der Waals surface area contributed by atoms with E-state index in [1.54, 1.807) is 4.68 Å². The van der Waals surface area contributed by atoms with Crippen molar-refractivity contribution >= 4 is 22.0 Å². The Morgan fingerprint density at radius 3 is 2.46 bits per heavy atom. The molecule has 5 rings (SSSR count). The molecule has 1 saturated heterocycles. The summed E-state index contributed by atoms with van der Waals surface area (Å²) in [5, 5.41) is 4.75. The molecular formula is C31H34FN3O2. The van der Waals surface area contributed by atoms with Crippen molar-refractivity contribution in [3.63, 3.8) is 0 Å². The topological polar surface area (TPSA) is 62.3 Å². The van der Waals surface area contributed by atoms with Crippen LogP contribution in [0.25, 0.3) is 22.0 Å². The molecule has 0 amide bonds. The van der Waals surface area contributed by atoms with Gasteiger partial charge in [0.15, 0.2) is 6.23 Å². The highest BCUT2D eigenvalue weighted by molar-refractivity contribution is 6.01. The van der Waals surface area contributed by atoms with E-state index in [1.165, 1.54) is 5.57 Å². The highest BCUT2D eigenvalue weighted by Crippen LogP contribution is 2.39. The first-order chi connectivity index (χ1) is 18.1. The quantitative estimate of drug-likeness (QED) is 0.270. The van der Waals surface area contributed by atoms with Crippen molar-refractivity contribution in [2.24, 2.45) is 11.7 Å². The lowest BCUT2D eigenvalue weighted by molar-refractivity contribution is -0.0375. The van der Waals surface area contributed by atoms with Gasteiger partial charge in [0.05, 0.1) is 10.9 Å². The number of ether oxygens (including phenoxy) is 2. The number of allylic oxidation sites excluding steroid dienone is 1. The fourth-order valence-electron chi connectivity index (χ4n) is 5.15. The largest absolute Gasteiger partial charge is 0.492 e. The van der Waals surface area contributed by atoms with Crippen LogP contribution in [0.1, 0.15) is 56.0 Å². The van der Waals surface area contributed by atoms with Gasteiger partial charge in [-0.2, -0.15) is 4.39 Å². The van der Waals surface area contributed by atoms with Crippen LogP contribution in [0.4, 0.5) is 4.39 Å². The Morgan fingerprint density at radius 1 is 1.03 bits per heavy atom. The van der Waals surface area contributed by atoms with Gasteiger partial charge in [-0.15, -0.1) is 5.10 Å². The molecule has 1 aliphatic rings. The summed E-state index contributed by atoms with van der Waals surface area (Å²) in [4.78, 5) is 0. The zero-order chi connectivity index (χ0) is 25.8. The Morgan fingerprint density at radius 2 is 1.78 bits per heavy atom. The highest BCUT2D eigenvalue weighted by Gasteiger charge is 2.23. The molecule has 0 spiro atoms. The van der Waals surface area contributed by atoms with Gasteiger partial charge in [-0.05, 0) is 77.3 Å². The van der Waals surface area contributed by atoms with E-state index < -0.39 is 5.95 Å². The molecule has 37 heavy (non-hydrogen) atoms. The molecule has 0 bridgehead atoms. The van der Waals surface area contributed by atoms with Gasteiger partial charge >= 0.3 is 0 Å². The van der Waals surface area contributed by atoms with E-state index in [4.69, 9.17) is 15.2 Å². The third kappa shape index (κ3) is 5.31. The Hall–Kier alpha value is -3.48. The van der Waals surface area contributed by atoms with Crippen LogP contribution in [0.3, 0.4) is 0 Å². The summed E-state index contributed by atoms with van der Waals surface area (Å²) < 4.78 is 28.6. The van der Waals surface area contributed by atoms with Crippen LogP contribution in [-0.4, -0.2) is 29.5 Å². The number of nitrogens with two attached hydrogens (primary N) is 1. The fourth-order valence-corrected chi connectivity index (χ4v) is 5.15. The number of benzene rings is 3. The summed E-state index contributed by atoms with van der Waals surface area (Å²) in [5.41, 5.74) is 11.7. The first-order valence-electron chi connectivity index (χ1n) is 13.1. The van der Waals surface area contributed by atoms with Gasteiger partial charge in [0.25, 0.3) is 0 Å². The zero-order valence-corrected chi connectivity index (χ0v) is 21.5. The minimum absolute atomic E-state index is 0.224. The number of hydrogen-bond donors (Lipinski definition) is 1. The van der Waals surface area contributed by atoms with Gasteiger partial charge in [-0.3, -0.25) is 0 Å². The van der Waals surface area contributed by atoms with Crippen LogP contribution in [0.2, 0.25) is 0 Å². The molecule has 6 heteroatoms. The fraction of sp³-hybridized carbons (Fsp3) is 0.323. The molecule has 0 aliphatic carbocycles. The van der Waals surface area contributed by atoms with Crippen molar-refractivity contribution in [3.05, 3.63) is 95.4 Å². The summed E-state index contributed by atoms with van der Waals surface area (Å²) in [6.45, 7) is 5.99. The summed E-state index contributed by atoms with van der Waals surface area (Å²) in [7, 11) is 0. The van der Waals surface area contributed by atoms with Crippen LogP contribution in [0.5, 0.6) is 5.75 Å². The third-order valence-electron chi connectivity index (χ3n) is 6.84. The number of aromatic nitrogens is 2. The van der Waals surface area contributed by atoms with Crippen LogP contribution in [0, 0.1) is 11.9 Å². The predicted molar refractivity (Wildman–Crippen MR) is 147 cm³/mol. The average Bonchev–Trinajstić information content (AvgIpc) is 3.27. The maximum absolute atomic E-state index is 15.2. The zero-order valence-electron chi connectivity index (χ0n) is 21.5. The van der Waals surface area contributed by atoms with Gasteiger partial charge < -0.3 is 15.2 Å². The first kappa shape index (κ1) is 25.2. The molecule has 4 aromatic rings. The average molecular weight is 500 g/mol. The molecule has 5 nitrogen and oxygen atoms in total. The van der Waals surface area contributed by atoms with Gasteiger partial charge in [0.1, 0.15) is 12.4 Å². The Kier molecular flexibility index (Phi) is 7.68. The van der Waals surface area contributed by atoms with Crippen molar-refractivity contribution < 1.29 is 13.9 Å². The highest BCUT2D eigenvalue weighted by atomic mass is 19.1. The SMILES string of the molecule is CC(C)/C(=C(/c1ccc(OCCN)cc1)c1ccc2c(c1)c(F)nn2C1CCCCO1)c1ccccc1. The van der Waals surface area contributed by atoms with E-state index in [0.29, 0.717) is 25.1 Å². The lowest BCUT2D eigenvalue weighted by Crippen LogP contribution is -2.19. The molecule has 0 saturated carbocycles. The van der Waals surface area contributed by atoms with Gasteiger partial charge in [-0.25, -0.2) is 4.68 Å². The lowest BCUT2D eigenvalue weighted by Gasteiger charge is -2.23. The second-order valence-corrected chi connectivity index (χ2v) is 9.76. The standard InChI is InChI=1S/C31H34FN3O2/c1-21(2)29(22-8-4-3-5-9-22)30(23-11-14-25(15-12-23)36-19-17-33)24-13-16-27-26(20-24)31(32)34-35(27)28-10-6-7-18-37-28/h3-5,8-9,11-16,20-21,28H,6-7,10,17-19,33H2,1-2H3/b30-29+. The van der Waals surface area contributed by atoms with Crippen molar-refractivity contribution in [3.8, 4) is 5.75 Å². The lowest BCUT2D eigenvalue weighted by atomic mass is 9.84. The van der Waals surface area contributed by atoms with Gasteiger partial charge in [0.2, 0.25) is 5.95 Å². The smallest absolute Gasteiger partial charge is 0.240 e. The van der Waals surface area contributed by atoms with E-state index >= 15 is 4.39 Å². The Balaban J connectivity index is 1.67. The summed E-state index contributed by atoms with van der Waals surface area (Å²) in [6.07, 6.45) is 2.70. The van der Waals surface area contributed by atoms with E-state index in [0.717, 1.165) is 52.8 Å². The van der Waals surface area contributed by atoms with Gasteiger partial charge in [-0.1, -0.05) is 62.4 Å². The minimum atomic E-state index is -0.471. The number of halogens is 1. The van der Waals surface area contributed by atoms with E-state index in [9.17, 15) is 0 Å². The molecule has 3 aromatic carbocycles. The molecule has 1 unspecified atom stereocenters. The Labute approximate surface area is 217 Å². The van der Waals surface area contributed by atoms with Crippen molar-refractivity contribution in [2.75, 3.05) is 19.8 Å². The van der Waals surface area contributed by atoms with E-state index in [-0.39, 0.29) is 12.1 Å². The predicted octanol–water partition coefficient (Wildman–Crippen LogP) is 6.83. The van der Waals surface area contributed by atoms with E-state index in [2.05, 4.69) is 61.4 Å². The van der Waals surface area contributed by atoms with Crippen LogP contribution < -0.4 is 10.5 Å². The summed E-state index contributed by atoms with van der Waals surface area (Å²) in [6, 6.07) is 24.4. The van der Waals surface area contributed by atoms with Crippen LogP contribution >= 0.6 is 0 Å². The number of fused-ring (bicyclic) bond motifs is 1. The summed E-state index contributed by atoms with van der Waals surface area (Å²) >= 11 is 0. The second kappa shape index (κ2) is 11.3. The van der Waals surface area contributed by atoms with Crippen LogP contribution in [-0.2, 0) is 4.74 Å². The number of rotatable bonds is 8. The second-order valence-electron chi connectivity index (χ2n) is 9.76. The molecule has 1 atom stereocenters. The minimum Gasteiger partial charge on any atom is -0.492 e. The summed E-state index contributed by atoms with van der Waals surface area (Å²) in [5.74, 6) is 0.529. The van der Waals surface area contributed by atoms with Gasteiger partial charge in [0, 0.05) is 13.2 Å². The maximum atomic E-state index is 15.2. The molecule has 1 aromatic heterocycles. The normalized spacial score (nSPS) is 16.7. The van der Waals surface area contributed by atoms with E-state index in [1.807, 2.05) is 30.3 Å². The number of hydrogen-bond acceptors (Lipinski definition) is 4. The maximum Gasteiger partial charge on any atom is 0.240 e.